The zero-order valence-electron chi connectivity index (χ0n) is 11.1. The summed E-state index contributed by atoms with van der Waals surface area (Å²) in [5.74, 6) is -1.05. The van der Waals surface area contributed by atoms with Crippen LogP contribution in [-0.2, 0) is 0 Å². The Morgan fingerprint density at radius 1 is 1.24 bits per heavy atom. The van der Waals surface area contributed by atoms with Gasteiger partial charge in [-0.1, -0.05) is 29.3 Å². The fraction of sp³-hybridized carbons (Fsp3) is 0.0667. The van der Waals surface area contributed by atoms with Crippen LogP contribution in [0.15, 0.2) is 42.5 Å². The maximum atomic E-state index is 11.2. The molecule has 1 aromatic carbocycles. The normalized spacial score (nSPS) is 10.8. The second kappa shape index (κ2) is 5.35. The van der Waals surface area contributed by atoms with Crippen LogP contribution in [-0.4, -0.2) is 20.9 Å². The average molecular weight is 319 g/mol. The summed E-state index contributed by atoms with van der Waals surface area (Å²) in [6.07, 6.45) is 0. The molecule has 3 aromatic rings. The molecule has 0 saturated carbocycles. The molecule has 0 bridgehead atoms. The Bertz CT molecular complexity index is 805. The lowest BCUT2D eigenvalue weighted by molar-refractivity contribution is 0.0690. The van der Waals surface area contributed by atoms with Gasteiger partial charge in [-0.2, -0.15) is 5.10 Å². The molecule has 106 valence electrons. The number of halogens is 1. The number of aromatic carboxylic acids is 1. The van der Waals surface area contributed by atoms with Crippen LogP contribution in [0, 0.1) is 6.92 Å². The second-order valence-corrected chi connectivity index (χ2v) is 6.29. The number of thiophene rings is 1. The number of carbonyl (C=O) groups is 1. The van der Waals surface area contributed by atoms with Crippen LogP contribution in [0.3, 0.4) is 0 Å². The van der Waals surface area contributed by atoms with Crippen LogP contribution in [0.2, 0.25) is 4.34 Å². The van der Waals surface area contributed by atoms with Crippen LogP contribution in [0.25, 0.3) is 16.3 Å². The highest BCUT2D eigenvalue weighted by Gasteiger charge is 2.17. The molecular weight excluding hydrogens is 308 g/mol. The third-order valence-electron chi connectivity index (χ3n) is 3.03. The van der Waals surface area contributed by atoms with Crippen molar-refractivity contribution in [2.45, 2.75) is 6.92 Å². The zero-order valence-corrected chi connectivity index (χ0v) is 12.6. The molecule has 3 rings (SSSR count). The molecule has 21 heavy (non-hydrogen) atoms. The minimum absolute atomic E-state index is 0.00935. The van der Waals surface area contributed by atoms with E-state index < -0.39 is 5.97 Å². The minimum Gasteiger partial charge on any atom is -0.476 e. The monoisotopic (exact) mass is 318 g/mol. The predicted molar refractivity (Wildman–Crippen MR) is 83.6 cm³/mol. The van der Waals surface area contributed by atoms with Crippen molar-refractivity contribution in [3.8, 4) is 16.3 Å². The lowest BCUT2D eigenvalue weighted by Gasteiger charge is -2.06. The quantitative estimate of drug-likeness (QED) is 0.785. The molecule has 0 fully saturated rings. The molecule has 2 aromatic heterocycles. The van der Waals surface area contributed by atoms with E-state index in [0.717, 1.165) is 16.1 Å². The first kappa shape index (κ1) is 13.9. The number of benzene rings is 1. The number of hydrogen-bond acceptors (Lipinski definition) is 3. The maximum absolute atomic E-state index is 11.2. The summed E-state index contributed by atoms with van der Waals surface area (Å²) in [6.45, 7) is 2.00. The first-order valence-corrected chi connectivity index (χ1v) is 7.40. The van der Waals surface area contributed by atoms with Gasteiger partial charge in [-0.05, 0) is 31.2 Å². The molecule has 0 aliphatic rings. The first-order valence-electron chi connectivity index (χ1n) is 6.21. The Labute approximate surface area is 130 Å². The largest absolute Gasteiger partial charge is 0.476 e. The van der Waals surface area contributed by atoms with Crippen molar-refractivity contribution in [1.29, 1.82) is 0 Å². The van der Waals surface area contributed by atoms with Gasteiger partial charge in [0.25, 0.3) is 0 Å². The van der Waals surface area contributed by atoms with Crippen molar-refractivity contribution in [2.24, 2.45) is 0 Å². The molecule has 0 unspecified atom stereocenters. The summed E-state index contributed by atoms with van der Waals surface area (Å²) in [4.78, 5) is 12.1. The molecule has 0 radical (unpaired) electrons. The van der Waals surface area contributed by atoms with Gasteiger partial charge >= 0.3 is 5.97 Å². The van der Waals surface area contributed by atoms with Gasteiger partial charge in [0.2, 0.25) is 0 Å². The topological polar surface area (TPSA) is 55.1 Å². The summed E-state index contributed by atoms with van der Waals surface area (Å²) in [5, 5.41) is 13.3. The summed E-state index contributed by atoms with van der Waals surface area (Å²) in [7, 11) is 0. The SMILES string of the molecule is Cc1ccc(-n2nc(C(=O)O)cc2-c2ccc(Cl)s2)cc1. The molecular formula is C15H11ClN2O2S. The second-order valence-electron chi connectivity index (χ2n) is 4.57. The van der Waals surface area contributed by atoms with Gasteiger partial charge < -0.3 is 5.11 Å². The maximum Gasteiger partial charge on any atom is 0.356 e. The summed E-state index contributed by atoms with van der Waals surface area (Å²) in [5.41, 5.74) is 2.67. The Kier molecular flexibility index (Phi) is 3.53. The van der Waals surface area contributed by atoms with Crippen LogP contribution < -0.4 is 0 Å². The predicted octanol–water partition coefficient (Wildman–Crippen LogP) is 4.26. The van der Waals surface area contributed by atoms with Gasteiger partial charge in [0.1, 0.15) is 0 Å². The number of aryl methyl sites for hydroxylation is 1. The molecule has 2 heterocycles. The van der Waals surface area contributed by atoms with Gasteiger partial charge in [0, 0.05) is 6.07 Å². The van der Waals surface area contributed by atoms with Gasteiger partial charge in [0.05, 0.1) is 20.6 Å². The molecule has 0 spiro atoms. The number of nitrogens with zero attached hydrogens (tertiary/aromatic N) is 2. The van der Waals surface area contributed by atoms with E-state index in [9.17, 15) is 4.79 Å². The fourth-order valence-electron chi connectivity index (χ4n) is 2.00. The first-order chi connectivity index (χ1) is 10.0. The highest BCUT2D eigenvalue weighted by atomic mass is 35.5. The van der Waals surface area contributed by atoms with Crippen molar-refractivity contribution in [3.63, 3.8) is 0 Å². The number of carboxylic acids is 1. The van der Waals surface area contributed by atoms with Crippen molar-refractivity contribution in [1.82, 2.24) is 9.78 Å². The Balaban J connectivity index is 2.18. The lowest BCUT2D eigenvalue weighted by atomic mass is 10.2. The summed E-state index contributed by atoms with van der Waals surface area (Å²) >= 11 is 7.36. The fourth-order valence-corrected chi connectivity index (χ4v) is 3.04. The number of carboxylic acid groups (broad SMARTS) is 1. The number of rotatable bonds is 3. The molecule has 0 aliphatic heterocycles. The molecule has 4 nitrogen and oxygen atoms in total. The summed E-state index contributed by atoms with van der Waals surface area (Å²) < 4.78 is 2.28. The Morgan fingerprint density at radius 2 is 1.95 bits per heavy atom. The van der Waals surface area contributed by atoms with E-state index in [-0.39, 0.29) is 5.69 Å². The van der Waals surface area contributed by atoms with Gasteiger partial charge in [0.15, 0.2) is 5.69 Å². The Hall–Kier alpha value is -2.11. The van der Waals surface area contributed by atoms with E-state index >= 15 is 0 Å². The van der Waals surface area contributed by atoms with Crippen molar-refractivity contribution < 1.29 is 9.90 Å². The van der Waals surface area contributed by atoms with Crippen LogP contribution >= 0.6 is 22.9 Å². The summed E-state index contributed by atoms with van der Waals surface area (Å²) in [6, 6.07) is 12.9. The van der Waals surface area contributed by atoms with E-state index in [4.69, 9.17) is 16.7 Å². The van der Waals surface area contributed by atoms with Crippen molar-refractivity contribution in [2.75, 3.05) is 0 Å². The van der Waals surface area contributed by atoms with Crippen LogP contribution in [0.4, 0.5) is 0 Å². The molecule has 0 aliphatic carbocycles. The van der Waals surface area contributed by atoms with Gasteiger partial charge in [-0.25, -0.2) is 9.48 Å². The van der Waals surface area contributed by atoms with E-state index in [1.807, 2.05) is 37.3 Å². The zero-order chi connectivity index (χ0) is 15.0. The van der Waals surface area contributed by atoms with Gasteiger partial charge in [-0.3, -0.25) is 0 Å². The smallest absolute Gasteiger partial charge is 0.356 e. The number of aromatic nitrogens is 2. The van der Waals surface area contributed by atoms with Crippen molar-refractivity contribution >= 4 is 28.9 Å². The van der Waals surface area contributed by atoms with E-state index in [2.05, 4.69) is 5.10 Å². The molecule has 0 atom stereocenters. The van der Waals surface area contributed by atoms with Crippen LogP contribution in [0.5, 0.6) is 0 Å². The highest BCUT2D eigenvalue weighted by Crippen LogP contribution is 2.32. The minimum atomic E-state index is -1.05. The highest BCUT2D eigenvalue weighted by molar-refractivity contribution is 7.19. The van der Waals surface area contributed by atoms with Crippen LogP contribution in [0.1, 0.15) is 16.1 Å². The van der Waals surface area contributed by atoms with E-state index in [1.165, 1.54) is 11.3 Å². The molecule has 0 amide bonds. The standard InChI is InChI=1S/C15H11ClN2O2S/c1-9-2-4-10(5-3-9)18-12(8-11(17-18)15(19)20)13-6-7-14(16)21-13/h2-8H,1H3,(H,19,20). The Morgan fingerprint density at radius 3 is 2.52 bits per heavy atom. The van der Waals surface area contributed by atoms with E-state index in [0.29, 0.717) is 10.0 Å². The van der Waals surface area contributed by atoms with Gasteiger partial charge in [-0.15, -0.1) is 11.3 Å². The lowest BCUT2D eigenvalue weighted by Crippen LogP contribution is -2.02. The number of hydrogen-bond donors (Lipinski definition) is 1. The third-order valence-corrected chi connectivity index (χ3v) is 4.29. The molecule has 1 N–H and O–H groups in total. The third kappa shape index (κ3) is 2.70. The molecule has 0 saturated heterocycles. The molecule has 6 heteroatoms. The van der Waals surface area contributed by atoms with Crippen molar-refractivity contribution in [3.05, 3.63) is 58.1 Å². The average Bonchev–Trinajstić information content (AvgIpc) is 3.05. The van der Waals surface area contributed by atoms with E-state index in [1.54, 1.807) is 16.8 Å².